The van der Waals surface area contributed by atoms with Crippen LogP contribution in [-0.4, -0.2) is 18.0 Å². The van der Waals surface area contributed by atoms with Gasteiger partial charge in [0.05, 0.1) is 6.04 Å². The summed E-state index contributed by atoms with van der Waals surface area (Å²) in [7, 11) is 0. The smallest absolute Gasteiger partial charge is 0.0608 e. The Hall–Kier alpha value is 0.0200. The molecule has 0 aromatic rings. The van der Waals surface area contributed by atoms with Crippen LogP contribution in [0.15, 0.2) is 4.99 Å². The third-order valence-electron chi connectivity index (χ3n) is 1.93. The summed E-state index contributed by atoms with van der Waals surface area (Å²) in [5, 5.41) is 0.483. The standard InChI is InChI=1S/C7H13NS/c1-8-6-4-2-3-5-7(6)9/h6-7,9H,1-5H2. The highest BCUT2D eigenvalue weighted by Crippen LogP contribution is 2.24. The minimum absolute atomic E-state index is 0.432. The van der Waals surface area contributed by atoms with Gasteiger partial charge in [-0.15, -0.1) is 0 Å². The molecule has 2 atom stereocenters. The summed E-state index contributed by atoms with van der Waals surface area (Å²) < 4.78 is 0. The van der Waals surface area contributed by atoms with Crippen LogP contribution < -0.4 is 0 Å². The van der Waals surface area contributed by atoms with Gasteiger partial charge in [0.1, 0.15) is 0 Å². The highest BCUT2D eigenvalue weighted by atomic mass is 32.1. The third kappa shape index (κ3) is 1.71. The predicted octanol–water partition coefficient (Wildman–Crippen LogP) is 1.93. The van der Waals surface area contributed by atoms with E-state index in [2.05, 4.69) is 24.3 Å². The molecule has 0 amide bonds. The molecule has 1 saturated carbocycles. The van der Waals surface area contributed by atoms with E-state index in [9.17, 15) is 0 Å². The minimum Gasteiger partial charge on any atom is -0.296 e. The van der Waals surface area contributed by atoms with Gasteiger partial charge in [-0.3, -0.25) is 4.99 Å². The lowest BCUT2D eigenvalue weighted by atomic mass is 9.95. The first-order valence-electron chi connectivity index (χ1n) is 3.48. The van der Waals surface area contributed by atoms with E-state index >= 15 is 0 Å². The predicted molar refractivity (Wildman–Crippen MR) is 44.6 cm³/mol. The van der Waals surface area contributed by atoms with Crippen molar-refractivity contribution in [2.75, 3.05) is 0 Å². The Kier molecular flexibility index (Phi) is 2.58. The van der Waals surface area contributed by atoms with E-state index in [4.69, 9.17) is 0 Å². The van der Waals surface area contributed by atoms with Gasteiger partial charge >= 0.3 is 0 Å². The van der Waals surface area contributed by atoms with Crippen molar-refractivity contribution in [1.82, 2.24) is 0 Å². The summed E-state index contributed by atoms with van der Waals surface area (Å²) in [5.41, 5.74) is 0. The lowest BCUT2D eigenvalue weighted by Gasteiger charge is -2.23. The van der Waals surface area contributed by atoms with Gasteiger partial charge in [-0.2, -0.15) is 12.6 Å². The second kappa shape index (κ2) is 3.25. The Labute approximate surface area is 62.0 Å². The normalized spacial score (nSPS) is 36.1. The number of hydrogen-bond acceptors (Lipinski definition) is 2. The van der Waals surface area contributed by atoms with Gasteiger partial charge in [0, 0.05) is 5.25 Å². The van der Waals surface area contributed by atoms with Gasteiger partial charge in [0.25, 0.3) is 0 Å². The van der Waals surface area contributed by atoms with Crippen LogP contribution in [0.2, 0.25) is 0 Å². The Balaban J connectivity index is 2.38. The lowest BCUT2D eigenvalue weighted by molar-refractivity contribution is 0.459. The van der Waals surface area contributed by atoms with E-state index < -0.39 is 0 Å². The van der Waals surface area contributed by atoms with Crippen LogP contribution in [0.1, 0.15) is 25.7 Å². The summed E-state index contributed by atoms with van der Waals surface area (Å²) in [6.07, 6.45) is 5.03. The average molecular weight is 143 g/mol. The van der Waals surface area contributed by atoms with Crippen molar-refractivity contribution in [3.05, 3.63) is 0 Å². The zero-order valence-electron chi connectivity index (χ0n) is 5.58. The highest BCUT2D eigenvalue weighted by Gasteiger charge is 2.19. The molecule has 0 radical (unpaired) electrons. The third-order valence-corrected chi connectivity index (χ3v) is 2.53. The Morgan fingerprint density at radius 2 is 2.00 bits per heavy atom. The summed E-state index contributed by atoms with van der Waals surface area (Å²) in [6, 6.07) is 0.432. The van der Waals surface area contributed by atoms with E-state index in [0.29, 0.717) is 11.3 Å². The van der Waals surface area contributed by atoms with Crippen LogP contribution in [0.5, 0.6) is 0 Å². The van der Waals surface area contributed by atoms with E-state index in [1.165, 1.54) is 25.7 Å². The molecule has 9 heavy (non-hydrogen) atoms. The highest BCUT2D eigenvalue weighted by molar-refractivity contribution is 7.81. The van der Waals surface area contributed by atoms with E-state index in [1.807, 2.05) is 0 Å². The Bertz CT molecular complexity index is 103. The molecule has 1 nitrogen and oxygen atoms in total. The fourth-order valence-electron chi connectivity index (χ4n) is 1.30. The van der Waals surface area contributed by atoms with E-state index in [-0.39, 0.29) is 0 Å². The number of nitrogens with zero attached hydrogens (tertiary/aromatic N) is 1. The molecule has 1 rings (SSSR count). The lowest BCUT2D eigenvalue weighted by Crippen LogP contribution is -2.22. The number of aliphatic imine (C=N–C) groups is 1. The van der Waals surface area contributed by atoms with Crippen molar-refractivity contribution in [2.24, 2.45) is 4.99 Å². The molecule has 1 fully saturated rings. The molecule has 1 aliphatic rings. The Morgan fingerprint density at radius 3 is 2.44 bits per heavy atom. The first-order valence-corrected chi connectivity index (χ1v) is 4.00. The molecule has 0 spiro atoms. The van der Waals surface area contributed by atoms with E-state index in [1.54, 1.807) is 0 Å². The molecule has 0 saturated heterocycles. The van der Waals surface area contributed by atoms with Crippen molar-refractivity contribution in [1.29, 1.82) is 0 Å². The average Bonchev–Trinajstić information content (AvgIpc) is 1.89. The van der Waals surface area contributed by atoms with Crippen LogP contribution in [0.4, 0.5) is 0 Å². The first-order chi connectivity index (χ1) is 4.34. The van der Waals surface area contributed by atoms with Gasteiger partial charge in [-0.05, 0) is 19.6 Å². The summed E-state index contributed by atoms with van der Waals surface area (Å²) in [4.78, 5) is 4.00. The minimum atomic E-state index is 0.432. The molecule has 0 bridgehead atoms. The SMILES string of the molecule is C=NC1CCCCC1S. The Morgan fingerprint density at radius 1 is 1.33 bits per heavy atom. The fraction of sp³-hybridized carbons (Fsp3) is 0.857. The topological polar surface area (TPSA) is 12.4 Å². The zero-order valence-corrected chi connectivity index (χ0v) is 6.48. The molecular weight excluding hydrogens is 130 g/mol. The molecular formula is C7H13NS. The summed E-state index contributed by atoms with van der Waals surface area (Å²) in [5.74, 6) is 0. The largest absolute Gasteiger partial charge is 0.296 e. The molecule has 1 aliphatic carbocycles. The maximum atomic E-state index is 4.40. The molecule has 0 aliphatic heterocycles. The van der Waals surface area contributed by atoms with Gasteiger partial charge in [0.2, 0.25) is 0 Å². The quantitative estimate of drug-likeness (QED) is 0.425. The van der Waals surface area contributed by atoms with Crippen LogP contribution >= 0.6 is 12.6 Å². The van der Waals surface area contributed by atoms with Crippen molar-refractivity contribution < 1.29 is 0 Å². The zero-order chi connectivity index (χ0) is 6.69. The molecule has 0 aromatic heterocycles. The van der Waals surface area contributed by atoms with Crippen molar-refractivity contribution >= 4 is 19.3 Å². The summed E-state index contributed by atoms with van der Waals surface area (Å²) >= 11 is 4.40. The number of rotatable bonds is 1. The maximum absolute atomic E-state index is 4.40. The summed E-state index contributed by atoms with van der Waals surface area (Å²) in [6.45, 7) is 3.54. The van der Waals surface area contributed by atoms with Gasteiger partial charge in [0.15, 0.2) is 0 Å². The van der Waals surface area contributed by atoms with Crippen LogP contribution in [0.3, 0.4) is 0 Å². The van der Waals surface area contributed by atoms with Crippen molar-refractivity contribution in [2.45, 2.75) is 37.0 Å². The van der Waals surface area contributed by atoms with E-state index in [0.717, 1.165) is 0 Å². The molecule has 0 N–H and O–H groups in total. The van der Waals surface area contributed by atoms with Crippen LogP contribution in [0, 0.1) is 0 Å². The van der Waals surface area contributed by atoms with Gasteiger partial charge in [-0.1, -0.05) is 12.8 Å². The van der Waals surface area contributed by atoms with Crippen molar-refractivity contribution in [3.8, 4) is 0 Å². The number of thiol groups is 1. The second-order valence-corrected chi connectivity index (χ2v) is 3.27. The monoisotopic (exact) mass is 143 g/mol. The molecule has 52 valence electrons. The molecule has 0 aromatic carbocycles. The van der Waals surface area contributed by atoms with Crippen LogP contribution in [0.25, 0.3) is 0 Å². The fourth-order valence-corrected chi connectivity index (χ4v) is 1.73. The van der Waals surface area contributed by atoms with Gasteiger partial charge < -0.3 is 0 Å². The number of hydrogen-bond donors (Lipinski definition) is 1. The van der Waals surface area contributed by atoms with Crippen LogP contribution in [-0.2, 0) is 0 Å². The first kappa shape index (κ1) is 7.13. The molecule has 0 heterocycles. The maximum Gasteiger partial charge on any atom is 0.0608 e. The molecule has 2 unspecified atom stereocenters. The molecule has 2 heteroatoms. The second-order valence-electron chi connectivity index (χ2n) is 2.60. The van der Waals surface area contributed by atoms with Crippen molar-refractivity contribution in [3.63, 3.8) is 0 Å². The van der Waals surface area contributed by atoms with Gasteiger partial charge in [-0.25, -0.2) is 0 Å².